The summed E-state index contributed by atoms with van der Waals surface area (Å²) in [7, 11) is 1.65. The van der Waals surface area contributed by atoms with E-state index in [1.54, 1.807) is 7.11 Å². The number of aromatic nitrogens is 2. The molecule has 17 heavy (non-hydrogen) atoms. The van der Waals surface area contributed by atoms with Gasteiger partial charge in [-0.05, 0) is 32.0 Å². The van der Waals surface area contributed by atoms with Crippen LogP contribution in [0.15, 0.2) is 18.2 Å². The van der Waals surface area contributed by atoms with Crippen molar-refractivity contribution in [2.45, 2.75) is 20.4 Å². The molecule has 0 unspecified atom stereocenters. The van der Waals surface area contributed by atoms with Crippen molar-refractivity contribution in [1.29, 1.82) is 0 Å². The first-order valence-corrected chi connectivity index (χ1v) is 5.56. The number of aryl methyl sites for hydroxylation is 2. The summed E-state index contributed by atoms with van der Waals surface area (Å²) >= 11 is 0. The maximum Gasteiger partial charge on any atom is 0.137 e. The van der Waals surface area contributed by atoms with Crippen molar-refractivity contribution in [2.75, 3.05) is 7.11 Å². The molecule has 1 aromatic carbocycles. The molecule has 1 heterocycles. The molecule has 0 fully saturated rings. The Morgan fingerprint density at radius 2 is 2.12 bits per heavy atom. The van der Waals surface area contributed by atoms with Gasteiger partial charge in [-0.1, -0.05) is 0 Å². The maximum atomic E-state index is 5.70. The molecule has 2 aromatic rings. The summed E-state index contributed by atoms with van der Waals surface area (Å²) in [6, 6.07) is 5.91. The molecule has 0 radical (unpaired) electrons. The van der Waals surface area contributed by atoms with Gasteiger partial charge in [-0.2, -0.15) is 0 Å². The molecule has 0 amide bonds. The van der Waals surface area contributed by atoms with Crippen LogP contribution >= 0.6 is 0 Å². The largest absolute Gasteiger partial charge is 0.496 e. The molecule has 3 N–H and O–H groups in total. The topological polar surface area (TPSA) is 63.9 Å². The minimum Gasteiger partial charge on any atom is -0.496 e. The fourth-order valence-corrected chi connectivity index (χ4v) is 1.77. The van der Waals surface area contributed by atoms with Gasteiger partial charge in [0.15, 0.2) is 0 Å². The van der Waals surface area contributed by atoms with Crippen molar-refractivity contribution in [2.24, 2.45) is 5.73 Å². The Hall–Kier alpha value is -1.81. The zero-order valence-electron chi connectivity index (χ0n) is 10.4. The first-order valence-electron chi connectivity index (χ1n) is 5.56. The monoisotopic (exact) mass is 231 g/mol. The van der Waals surface area contributed by atoms with Crippen LogP contribution in [0.2, 0.25) is 0 Å². The highest BCUT2D eigenvalue weighted by atomic mass is 16.5. The normalized spacial score (nSPS) is 10.6. The predicted octanol–water partition coefficient (Wildman–Crippen LogP) is 2.16. The molecule has 1 aromatic heterocycles. The molecule has 0 aliphatic heterocycles. The van der Waals surface area contributed by atoms with E-state index in [9.17, 15) is 0 Å². The molecular formula is C13H17N3O. The van der Waals surface area contributed by atoms with Crippen molar-refractivity contribution in [3.63, 3.8) is 0 Å². The number of imidazole rings is 1. The highest BCUT2D eigenvalue weighted by molar-refractivity contribution is 5.59. The lowest BCUT2D eigenvalue weighted by Gasteiger charge is -2.07. The standard InChI is InChI=1S/C13H17N3O/c1-8-9(2)16-13(15-8)10-4-5-12(17-3)11(6-10)7-14/h4-6H,7,14H2,1-3H3,(H,15,16). The fraction of sp³-hybridized carbons (Fsp3) is 0.308. The van der Waals surface area contributed by atoms with Crippen molar-refractivity contribution in [1.82, 2.24) is 9.97 Å². The second kappa shape index (κ2) is 4.59. The number of nitrogens with two attached hydrogens (primary N) is 1. The average molecular weight is 231 g/mol. The highest BCUT2D eigenvalue weighted by Gasteiger charge is 2.08. The van der Waals surface area contributed by atoms with E-state index in [1.165, 1.54) is 0 Å². The van der Waals surface area contributed by atoms with E-state index in [-0.39, 0.29) is 0 Å². The van der Waals surface area contributed by atoms with E-state index < -0.39 is 0 Å². The smallest absolute Gasteiger partial charge is 0.137 e. The van der Waals surface area contributed by atoms with Crippen LogP contribution in [0.1, 0.15) is 17.0 Å². The molecule has 0 saturated heterocycles. The van der Waals surface area contributed by atoms with Crippen molar-refractivity contribution in [3.05, 3.63) is 35.2 Å². The summed E-state index contributed by atoms with van der Waals surface area (Å²) < 4.78 is 5.25. The van der Waals surface area contributed by atoms with Gasteiger partial charge in [0, 0.05) is 23.4 Å². The van der Waals surface area contributed by atoms with Gasteiger partial charge >= 0.3 is 0 Å². The van der Waals surface area contributed by atoms with Gasteiger partial charge in [0.25, 0.3) is 0 Å². The van der Waals surface area contributed by atoms with E-state index in [2.05, 4.69) is 9.97 Å². The number of hydrogen-bond donors (Lipinski definition) is 2. The maximum absolute atomic E-state index is 5.70. The second-order valence-corrected chi connectivity index (χ2v) is 4.03. The Labute approximate surface area is 101 Å². The van der Waals surface area contributed by atoms with Crippen molar-refractivity contribution in [3.8, 4) is 17.1 Å². The molecule has 0 saturated carbocycles. The zero-order valence-corrected chi connectivity index (χ0v) is 10.4. The number of nitrogens with one attached hydrogen (secondary N) is 1. The van der Waals surface area contributed by atoms with E-state index in [0.717, 1.165) is 34.1 Å². The van der Waals surface area contributed by atoms with Crippen LogP contribution in [0.3, 0.4) is 0 Å². The Kier molecular flexibility index (Phi) is 3.15. The second-order valence-electron chi connectivity index (χ2n) is 4.03. The van der Waals surface area contributed by atoms with Gasteiger partial charge in [-0.15, -0.1) is 0 Å². The zero-order chi connectivity index (χ0) is 12.4. The van der Waals surface area contributed by atoms with Crippen molar-refractivity contribution < 1.29 is 4.74 Å². The first-order chi connectivity index (χ1) is 8.15. The highest BCUT2D eigenvalue weighted by Crippen LogP contribution is 2.25. The Morgan fingerprint density at radius 1 is 1.35 bits per heavy atom. The lowest BCUT2D eigenvalue weighted by atomic mass is 10.1. The van der Waals surface area contributed by atoms with Gasteiger partial charge in [-0.3, -0.25) is 0 Å². The van der Waals surface area contributed by atoms with Gasteiger partial charge in [0.1, 0.15) is 11.6 Å². The quantitative estimate of drug-likeness (QED) is 0.850. The van der Waals surface area contributed by atoms with E-state index >= 15 is 0 Å². The molecule has 0 bridgehead atoms. The van der Waals surface area contributed by atoms with Gasteiger partial charge in [0.05, 0.1) is 12.8 Å². The third-order valence-electron chi connectivity index (χ3n) is 2.90. The molecule has 0 spiro atoms. The predicted molar refractivity (Wildman–Crippen MR) is 67.9 cm³/mol. The Balaban J connectivity index is 2.46. The third kappa shape index (κ3) is 2.17. The molecular weight excluding hydrogens is 214 g/mol. The Morgan fingerprint density at radius 3 is 2.65 bits per heavy atom. The van der Waals surface area contributed by atoms with Crippen LogP contribution in [0.25, 0.3) is 11.4 Å². The number of nitrogens with zero attached hydrogens (tertiary/aromatic N) is 1. The molecule has 4 nitrogen and oxygen atoms in total. The minimum atomic E-state index is 0.454. The van der Waals surface area contributed by atoms with Crippen LogP contribution in [-0.2, 0) is 6.54 Å². The SMILES string of the molecule is COc1ccc(-c2nc(C)c(C)[nH]2)cc1CN. The van der Waals surface area contributed by atoms with Crippen LogP contribution in [-0.4, -0.2) is 17.1 Å². The molecule has 0 aliphatic rings. The minimum absolute atomic E-state index is 0.454. The summed E-state index contributed by atoms with van der Waals surface area (Å²) in [4.78, 5) is 7.73. The third-order valence-corrected chi connectivity index (χ3v) is 2.90. The molecule has 0 atom stereocenters. The number of methoxy groups -OCH3 is 1. The molecule has 2 rings (SSSR count). The van der Waals surface area contributed by atoms with Crippen LogP contribution in [0.5, 0.6) is 5.75 Å². The van der Waals surface area contributed by atoms with Gasteiger partial charge < -0.3 is 15.5 Å². The van der Waals surface area contributed by atoms with E-state index in [0.29, 0.717) is 6.54 Å². The number of hydrogen-bond acceptors (Lipinski definition) is 3. The molecule has 0 aliphatic carbocycles. The molecule has 4 heteroatoms. The summed E-state index contributed by atoms with van der Waals surface area (Å²) in [5, 5.41) is 0. The summed E-state index contributed by atoms with van der Waals surface area (Å²) in [6.45, 7) is 4.46. The Bertz CT molecular complexity index is 512. The number of ether oxygens (including phenoxy) is 1. The number of rotatable bonds is 3. The van der Waals surface area contributed by atoms with Gasteiger partial charge in [0.2, 0.25) is 0 Å². The number of benzene rings is 1. The summed E-state index contributed by atoms with van der Waals surface area (Å²) in [5.74, 6) is 1.69. The van der Waals surface area contributed by atoms with E-state index in [1.807, 2.05) is 32.0 Å². The lowest BCUT2D eigenvalue weighted by molar-refractivity contribution is 0.410. The van der Waals surface area contributed by atoms with Crippen LogP contribution in [0.4, 0.5) is 0 Å². The van der Waals surface area contributed by atoms with Crippen LogP contribution < -0.4 is 10.5 Å². The number of H-pyrrole nitrogens is 1. The lowest BCUT2D eigenvalue weighted by Crippen LogP contribution is -2.00. The summed E-state index contributed by atoms with van der Waals surface area (Å²) in [6.07, 6.45) is 0. The average Bonchev–Trinajstić information content (AvgIpc) is 2.68. The van der Waals surface area contributed by atoms with Crippen LogP contribution in [0, 0.1) is 13.8 Å². The fourth-order valence-electron chi connectivity index (χ4n) is 1.77. The van der Waals surface area contributed by atoms with E-state index in [4.69, 9.17) is 10.5 Å². The number of aromatic amines is 1. The van der Waals surface area contributed by atoms with Crippen molar-refractivity contribution >= 4 is 0 Å². The summed E-state index contributed by atoms with van der Waals surface area (Å²) in [5.41, 5.74) is 9.82. The molecule has 90 valence electrons. The first kappa shape index (κ1) is 11.7. The van der Waals surface area contributed by atoms with Gasteiger partial charge in [-0.25, -0.2) is 4.98 Å².